The number of carbonyl (C=O) groups is 3. The van der Waals surface area contributed by atoms with Gasteiger partial charge < -0.3 is 29.8 Å². The average molecular weight is 802 g/mol. The van der Waals surface area contributed by atoms with E-state index in [1.54, 1.807) is 4.90 Å². The normalized spacial score (nSPS) is 16.9. The van der Waals surface area contributed by atoms with Gasteiger partial charge in [-0.05, 0) is 71.2 Å². The maximum atomic E-state index is 13.9. The van der Waals surface area contributed by atoms with Crippen molar-refractivity contribution >= 4 is 29.2 Å². The van der Waals surface area contributed by atoms with Crippen LogP contribution in [0, 0.1) is 0 Å². The number of hydrogen-bond acceptors (Lipinski definition) is 7. The van der Waals surface area contributed by atoms with Gasteiger partial charge in [0.15, 0.2) is 0 Å². The first kappa shape index (κ1) is 37.8. The van der Waals surface area contributed by atoms with Crippen LogP contribution in [0.2, 0.25) is 0 Å². The summed E-state index contributed by atoms with van der Waals surface area (Å²) in [5, 5.41) is 2.72. The van der Waals surface area contributed by atoms with Crippen molar-refractivity contribution in [3.63, 3.8) is 0 Å². The molecule has 2 saturated heterocycles. The van der Waals surface area contributed by atoms with E-state index in [9.17, 15) is 14.4 Å². The molecule has 296 valence electrons. The van der Waals surface area contributed by atoms with Crippen molar-refractivity contribution in [2.24, 2.45) is 0 Å². The number of amides is 3. The molecule has 2 aliphatic heterocycles. The molecule has 5 heterocycles. The van der Waals surface area contributed by atoms with Gasteiger partial charge in [0.25, 0.3) is 11.8 Å². The number of nitrogens with one attached hydrogen (secondary N) is 3. The molecule has 3 aromatic heterocycles. The molecular weight excluding hydrogens is 759 g/mol. The molecule has 3 atom stereocenters. The van der Waals surface area contributed by atoms with Gasteiger partial charge in [0.1, 0.15) is 17.7 Å². The van der Waals surface area contributed by atoms with Crippen molar-refractivity contribution in [3.05, 3.63) is 156 Å². The zero-order valence-corrected chi connectivity index (χ0v) is 33.3. The highest BCUT2D eigenvalue weighted by molar-refractivity contribution is 7.17. The molecule has 2 fully saturated rings. The number of alkyl carbamates (subject to hydrolysis) is 1. The van der Waals surface area contributed by atoms with E-state index in [1.807, 2.05) is 78.0 Å². The second-order valence-electron chi connectivity index (χ2n) is 14.9. The minimum Gasteiger partial charge on any atom is -0.453 e. The van der Waals surface area contributed by atoms with Gasteiger partial charge in [-0.2, -0.15) is 0 Å². The predicted molar refractivity (Wildman–Crippen MR) is 228 cm³/mol. The second-order valence-corrected chi connectivity index (χ2v) is 16.0. The molecule has 0 aliphatic carbocycles. The Bertz CT molecular complexity index is 2570. The summed E-state index contributed by atoms with van der Waals surface area (Å²) in [5.74, 6) is 1.37. The second kappa shape index (κ2) is 16.6. The quantitative estimate of drug-likeness (QED) is 0.126. The number of nitrogens with zero attached hydrogens (tertiary/aromatic N) is 4. The standard InChI is InChI=1S/C47H43N7O4S/c1-58-47(57)52-42(35-12-6-3-7-13-35)46(56)54-27-9-15-39(54)44-49-29-37(51-44)33-22-18-31(19-23-33)30-16-20-32(21-17-30)36-28-48-43(50-36)38-14-8-26-53(38)45(55)41-25-24-40(59-41)34-10-4-2-5-11-34/h2-7,10-13,16-25,28-29,38-39,42H,8-9,14-15,26-27H2,1H3,(H,48,50)(H,49,51)(H,52,57)/t38-,39-,42+/m0/s1. The van der Waals surface area contributed by atoms with Crippen molar-refractivity contribution in [2.45, 2.75) is 43.8 Å². The lowest BCUT2D eigenvalue weighted by Crippen LogP contribution is -2.42. The number of methoxy groups -OCH3 is 1. The summed E-state index contributed by atoms with van der Waals surface area (Å²) in [5.41, 5.74) is 7.74. The highest BCUT2D eigenvalue weighted by Crippen LogP contribution is 2.37. The fourth-order valence-electron chi connectivity index (χ4n) is 8.23. The van der Waals surface area contributed by atoms with Crippen molar-refractivity contribution in [1.82, 2.24) is 35.1 Å². The molecule has 0 unspecified atom stereocenters. The third kappa shape index (κ3) is 7.79. The first-order valence-electron chi connectivity index (χ1n) is 19.9. The van der Waals surface area contributed by atoms with Crippen LogP contribution in [-0.2, 0) is 9.53 Å². The molecule has 0 radical (unpaired) electrons. The van der Waals surface area contributed by atoms with Crippen LogP contribution >= 0.6 is 11.3 Å². The fourth-order valence-corrected chi connectivity index (χ4v) is 9.19. The van der Waals surface area contributed by atoms with Crippen LogP contribution < -0.4 is 5.32 Å². The number of hydrogen-bond donors (Lipinski definition) is 3. The molecule has 11 nitrogen and oxygen atoms in total. The first-order chi connectivity index (χ1) is 28.9. The molecular formula is C47H43N7O4S. The third-order valence-electron chi connectivity index (χ3n) is 11.3. The minimum absolute atomic E-state index is 0.0528. The van der Waals surface area contributed by atoms with E-state index in [1.165, 1.54) is 18.4 Å². The highest BCUT2D eigenvalue weighted by Gasteiger charge is 2.37. The molecule has 0 bridgehead atoms. The number of benzene rings is 4. The number of ether oxygens (including phenoxy) is 1. The van der Waals surface area contributed by atoms with E-state index in [-0.39, 0.29) is 23.9 Å². The Morgan fingerprint density at radius 1 is 0.661 bits per heavy atom. The summed E-state index contributed by atoms with van der Waals surface area (Å²) in [6, 6.07) is 38.8. The number of aromatic amines is 2. The number of thiophene rings is 1. The number of carbonyl (C=O) groups excluding carboxylic acids is 3. The molecule has 3 N–H and O–H groups in total. The van der Waals surface area contributed by atoms with E-state index in [0.29, 0.717) is 24.5 Å². The number of imidazole rings is 2. The molecule has 0 spiro atoms. The summed E-state index contributed by atoms with van der Waals surface area (Å²) in [6.45, 7) is 1.27. The lowest BCUT2D eigenvalue weighted by molar-refractivity contribution is -0.134. The molecule has 59 heavy (non-hydrogen) atoms. The summed E-state index contributed by atoms with van der Waals surface area (Å²) in [7, 11) is 1.29. The van der Waals surface area contributed by atoms with E-state index < -0.39 is 12.1 Å². The van der Waals surface area contributed by atoms with Gasteiger partial charge in [0.2, 0.25) is 0 Å². The van der Waals surface area contributed by atoms with Crippen LogP contribution in [-0.4, -0.2) is 67.8 Å². The lowest BCUT2D eigenvalue weighted by Gasteiger charge is -2.28. The average Bonchev–Trinajstić information content (AvgIpc) is 4.15. The zero-order chi connectivity index (χ0) is 40.3. The van der Waals surface area contributed by atoms with Crippen LogP contribution in [0.4, 0.5) is 4.79 Å². The van der Waals surface area contributed by atoms with Gasteiger partial charge in [0, 0.05) is 18.0 Å². The summed E-state index contributed by atoms with van der Waals surface area (Å²) >= 11 is 1.54. The Morgan fingerprint density at radius 3 is 1.76 bits per heavy atom. The third-order valence-corrected chi connectivity index (χ3v) is 12.4. The Morgan fingerprint density at radius 2 is 1.19 bits per heavy atom. The van der Waals surface area contributed by atoms with Gasteiger partial charge in [-0.3, -0.25) is 9.59 Å². The smallest absolute Gasteiger partial charge is 0.407 e. The molecule has 12 heteroatoms. The maximum absolute atomic E-state index is 13.9. The molecule has 7 aromatic rings. The molecule has 0 saturated carbocycles. The monoisotopic (exact) mass is 801 g/mol. The van der Waals surface area contributed by atoms with Crippen molar-refractivity contribution in [3.8, 4) is 44.1 Å². The number of aromatic nitrogens is 4. The lowest BCUT2D eigenvalue weighted by atomic mass is 10.0. The Kier molecular flexibility index (Phi) is 10.6. The van der Waals surface area contributed by atoms with Crippen LogP contribution in [0.15, 0.2) is 134 Å². The van der Waals surface area contributed by atoms with E-state index in [4.69, 9.17) is 14.7 Å². The highest BCUT2D eigenvalue weighted by atomic mass is 32.1. The fraction of sp³-hybridized carbons (Fsp3) is 0.213. The Labute approximate surface area is 346 Å². The van der Waals surface area contributed by atoms with Crippen LogP contribution in [0.25, 0.3) is 44.1 Å². The van der Waals surface area contributed by atoms with Gasteiger partial charge in [0.05, 0.1) is 47.9 Å². The number of likely N-dealkylation sites (tertiary alicyclic amines) is 2. The van der Waals surface area contributed by atoms with E-state index >= 15 is 0 Å². The van der Waals surface area contributed by atoms with Crippen LogP contribution in [0.3, 0.4) is 0 Å². The predicted octanol–water partition coefficient (Wildman–Crippen LogP) is 9.60. The SMILES string of the molecule is COC(=O)N[C@@H](C(=O)N1CCC[C@H]1c1ncc(-c2ccc(-c3ccc(-c4cnc([C@@H]5CCCN5C(=O)c5ccc(-c6ccccc6)s5)[nH]4)cc3)cc2)[nH]1)c1ccccc1. The molecule has 3 amide bonds. The van der Waals surface area contributed by atoms with Gasteiger partial charge in [-0.1, -0.05) is 109 Å². The zero-order valence-electron chi connectivity index (χ0n) is 32.5. The molecule has 2 aliphatic rings. The Balaban J connectivity index is 0.851. The van der Waals surface area contributed by atoms with E-state index in [2.05, 4.69) is 75.9 Å². The number of rotatable bonds is 10. The Hall–Kier alpha value is -6.79. The van der Waals surface area contributed by atoms with Crippen molar-refractivity contribution in [2.75, 3.05) is 20.2 Å². The van der Waals surface area contributed by atoms with Crippen LogP contribution in [0.5, 0.6) is 0 Å². The first-order valence-corrected chi connectivity index (χ1v) is 20.7. The number of H-pyrrole nitrogens is 2. The largest absolute Gasteiger partial charge is 0.453 e. The summed E-state index contributed by atoms with van der Waals surface area (Å²) in [6.07, 6.45) is 6.40. The van der Waals surface area contributed by atoms with Gasteiger partial charge >= 0.3 is 6.09 Å². The topological polar surface area (TPSA) is 136 Å². The summed E-state index contributed by atoms with van der Waals surface area (Å²) in [4.78, 5) is 61.8. The van der Waals surface area contributed by atoms with Crippen molar-refractivity contribution < 1.29 is 19.1 Å². The van der Waals surface area contributed by atoms with Crippen molar-refractivity contribution in [1.29, 1.82) is 0 Å². The minimum atomic E-state index is -0.872. The van der Waals surface area contributed by atoms with Gasteiger partial charge in [-0.15, -0.1) is 11.3 Å². The molecule has 4 aromatic carbocycles. The van der Waals surface area contributed by atoms with Gasteiger partial charge in [-0.25, -0.2) is 14.8 Å². The van der Waals surface area contributed by atoms with Crippen LogP contribution in [0.1, 0.15) is 70.7 Å². The summed E-state index contributed by atoms with van der Waals surface area (Å²) < 4.78 is 4.83. The van der Waals surface area contributed by atoms with E-state index in [0.717, 1.165) is 80.5 Å². The molecule has 9 rings (SSSR count). The maximum Gasteiger partial charge on any atom is 0.407 e.